The number of nitrogens with zero attached hydrogens (tertiary/aromatic N) is 1. The smallest absolute Gasteiger partial charge is 0.188 e. The number of halogens is 1. The molecule has 1 saturated carbocycles. The molecule has 0 spiro atoms. The molecule has 0 bridgehead atoms. The molecule has 1 unspecified atom stereocenters. The average molecular weight is 296 g/mol. The zero-order valence-corrected chi connectivity index (χ0v) is 12.3. The largest absolute Gasteiger partial charge is 0.386 e. The van der Waals surface area contributed by atoms with Gasteiger partial charge in [0.2, 0.25) is 0 Å². The van der Waals surface area contributed by atoms with Crippen molar-refractivity contribution in [3.8, 4) is 0 Å². The standard InChI is InChI=1S/C15H22ClN3O/c16-13-9-5-4-8-12(13)14(20)10-18-15(17)19-11-6-2-1-3-7-11/h4-5,8-9,11,14,20H,1-3,6-7,10H2,(H3,17,18,19). The predicted molar refractivity (Wildman–Crippen MR) is 82.9 cm³/mol. The zero-order chi connectivity index (χ0) is 14.4. The summed E-state index contributed by atoms with van der Waals surface area (Å²) in [5.41, 5.74) is 6.55. The van der Waals surface area contributed by atoms with E-state index in [2.05, 4.69) is 10.3 Å². The summed E-state index contributed by atoms with van der Waals surface area (Å²) in [4.78, 5) is 4.21. The van der Waals surface area contributed by atoms with Gasteiger partial charge in [-0.05, 0) is 18.9 Å². The van der Waals surface area contributed by atoms with E-state index in [1.165, 1.54) is 19.3 Å². The van der Waals surface area contributed by atoms with Gasteiger partial charge in [-0.3, -0.25) is 4.99 Å². The van der Waals surface area contributed by atoms with Crippen molar-refractivity contribution in [1.29, 1.82) is 0 Å². The highest BCUT2D eigenvalue weighted by molar-refractivity contribution is 6.31. The normalized spacial score (nSPS) is 18.8. The Hall–Kier alpha value is -1.26. The van der Waals surface area contributed by atoms with Crippen molar-refractivity contribution in [3.63, 3.8) is 0 Å². The first-order valence-corrected chi connectivity index (χ1v) is 7.53. The van der Waals surface area contributed by atoms with E-state index in [0.29, 0.717) is 22.6 Å². The van der Waals surface area contributed by atoms with Crippen LogP contribution in [0.1, 0.15) is 43.8 Å². The van der Waals surface area contributed by atoms with Crippen LogP contribution in [0.15, 0.2) is 29.3 Å². The van der Waals surface area contributed by atoms with Crippen molar-refractivity contribution >= 4 is 17.6 Å². The fraction of sp³-hybridized carbons (Fsp3) is 0.533. The Morgan fingerprint density at radius 3 is 2.75 bits per heavy atom. The third-order valence-electron chi connectivity index (χ3n) is 3.66. The molecule has 1 aliphatic carbocycles. The van der Waals surface area contributed by atoms with Crippen LogP contribution in [0.4, 0.5) is 0 Å². The summed E-state index contributed by atoms with van der Waals surface area (Å²) in [5.74, 6) is 0.406. The van der Waals surface area contributed by atoms with E-state index in [1.807, 2.05) is 12.1 Å². The number of aliphatic hydroxyl groups excluding tert-OH is 1. The number of hydrogen-bond acceptors (Lipinski definition) is 2. The lowest BCUT2D eigenvalue weighted by atomic mass is 9.96. The summed E-state index contributed by atoms with van der Waals surface area (Å²) in [7, 11) is 0. The van der Waals surface area contributed by atoms with Crippen LogP contribution < -0.4 is 11.1 Å². The first-order valence-electron chi connectivity index (χ1n) is 7.16. The Balaban J connectivity index is 1.86. The molecular formula is C15H22ClN3O. The van der Waals surface area contributed by atoms with E-state index >= 15 is 0 Å². The van der Waals surface area contributed by atoms with E-state index in [4.69, 9.17) is 17.3 Å². The second-order valence-corrected chi connectivity index (χ2v) is 5.65. The van der Waals surface area contributed by atoms with Crippen LogP contribution in [0.2, 0.25) is 5.02 Å². The number of guanidine groups is 1. The van der Waals surface area contributed by atoms with Crippen LogP contribution >= 0.6 is 11.6 Å². The molecule has 0 amide bonds. The highest BCUT2D eigenvalue weighted by atomic mass is 35.5. The first-order chi connectivity index (χ1) is 9.66. The molecule has 5 heteroatoms. The van der Waals surface area contributed by atoms with Crippen LogP contribution in [0.3, 0.4) is 0 Å². The van der Waals surface area contributed by atoms with Crippen molar-refractivity contribution in [2.75, 3.05) is 6.54 Å². The predicted octanol–water partition coefficient (Wildman–Crippen LogP) is 2.61. The Morgan fingerprint density at radius 1 is 1.35 bits per heavy atom. The van der Waals surface area contributed by atoms with E-state index < -0.39 is 6.10 Å². The molecule has 0 radical (unpaired) electrons. The Morgan fingerprint density at radius 2 is 2.05 bits per heavy atom. The Labute approximate surface area is 125 Å². The molecule has 20 heavy (non-hydrogen) atoms. The number of benzene rings is 1. The molecule has 0 saturated heterocycles. The zero-order valence-electron chi connectivity index (χ0n) is 11.6. The summed E-state index contributed by atoms with van der Waals surface area (Å²) in [5, 5.41) is 13.9. The summed E-state index contributed by atoms with van der Waals surface area (Å²) in [6.45, 7) is 0.218. The molecule has 4 N–H and O–H groups in total. The lowest BCUT2D eigenvalue weighted by molar-refractivity contribution is 0.187. The Bertz CT molecular complexity index is 458. The number of rotatable bonds is 4. The molecule has 0 aromatic heterocycles. The maximum Gasteiger partial charge on any atom is 0.188 e. The van der Waals surface area contributed by atoms with Gasteiger partial charge >= 0.3 is 0 Å². The monoisotopic (exact) mass is 295 g/mol. The van der Waals surface area contributed by atoms with Crippen LogP contribution in [0, 0.1) is 0 Å². The molecule has 4 nitrogen and oxygen atoms in total. The van der Waals surface area contributed by atoms with Gasteiger partial charge in [-0.1, -0.05) is 49.1 Å². The molecule has 0 heterocycles. The number of aliphatic hydroxyl groups is 1. The van der Waals surface area contributed by atoms with E-state index in [1.54, 1.807) is 12.1 Å². The number of nitrogens with one attached hydrogen (secondary N) is 1. The van der Waals surface area contributed by atoms with Crippen LogP contribution in [0.5, 0.6) is 0 Å². The minimum Gasteiger partial charge on any atom is -0.386 e. The SMILES string of the molecule is NC(=NCC(O)c1ccccc1Cl)NC1CCCCC1. The minimum absolute atomic E-state index is 0.218. The minimum atomic E-state index is -0.726. The van der Waals surface area contributed by atoms with E-state index in [9.17, 15) is 5.11 Å². The quantitative estimate of drug-likeness (QED) is 0.591. The van der Waals surface area contributed by atoms with Gasteiger partial charge in [0.05, 0.1) is 6.54 Å². The summed E-state index contributed by atoms with van der Waals surface area (Å²) >= 11 is 6.03. The topological polar surface area (TPSA) is 70.6 Å². The molecule has 1 aromatic rings. The highest BCUT2D eigenvalue weighted by Gasteiger charge is 2.14. The van der Waals surface area contributed by atoms with Gasteiger partial charge in [0, 0.05) is 16.6 Å². The molecular weight excluding hydrogens is 274 g/mol. The highest BCUT2D eigenvalue weighted by Crippen LogP contribution is 2.22. The van der Waals surface area contributed by atoms with E-state index in [0.717, 1.165) is 12.8 Å². The van der Waals surface area contributed by atoms with Gasteiger partial charge in [0.25, 0.3) is 0 Å². The maximum atomic E-state index is 10.1. The first kappa shape index (κ1) is 15.1. The van der Waals surface area contributed by atoms with E-state index in [-0.39, 0.29) is 6.54 Å². The van der Waals surface area contributed by atoms with Gasteiger partial charge in [-0.15, -0.1) is 0 Å². The number of hydrogen-bond donors (Lipinski definition) is 3. The second kappa shape index (κ2) is 7.50. The number of aliphatic imine (C=N–C) groups is 1. The fourth-order valence-corrected chi connectivity index (χ4v) is 2.79. The van der Waals surface area contributed by atoms with Gasteiger partial charge in [-0.25, -0.2) is 0 Å². The molecule has 1 atom stereocenters. The third kappa shape index (κ3) is 4.39. The van der Waals surface area contributed by atoms with Crippen molar-refractivity contribution in [1.82, 2.24) is 5.32 Å². The molecule has 2 rings (SSSR count). The third-order valence-corrected chi connectivity index (χ3v) is 4.00. The van der Waals surface area contributed by atoms with Gasteiger partial charge in [-0.2, -0.15) is 0 Å². The molecule has 110 valence electrons. The van der Waals surface area contributed by atoms with Gasteiger partial charge in [0.15, 0.2) is 5.96 Å². The lowest BCUT2D eigenvalue weighted by Crippen LogP contribution is -2.41. The molecule has 1 aliphatic rings. The molecule has 1 aromatic carbocycles. The summed E-state index contributed by atoms with van der Waals surface area (Å²) in [6.07, 6.45) is 5.35. The summed E-state index contributed by atoms with van der Waals surface area (Å²) in [6, 6.07) is 7.66. The van der Waals surface area contributed by atoms with Crippen molar-refractivity contribution in [2.45, 2.75) is 44.2 Å². The van der Waals surface area contributed by atoms with Crippen LogP contribution in [-0.2, 0) is 0 Å². The maximum absolute atomic E-state index is 10.1. The van der Waals surface area contributed by atoms with Crippen molar-refractivity contribution in [3.05, 3.63) is 34.9 Å². The number of nitrogens with two attached hydrogens (primary N) is 1. The average Bonchev–Trinajstić information content (AvgIpc) is 2.46. The lowest BCUT2D eigenvalue weighted by Gasteiger charge is -2.23. The van der Waals surface area contributed by atoms with Gasteiger partial charge in [0.1, 0.15) is 6.10 Å². The summed E-state index contributed by atoms with van der Waals surface area (Å²) < 4.78 is 0. The van der Waals surface area contributed by atoms with Crippen LogP contribution in [-0.4, -0.2) is 23.7 Å². The van der Waals surface area contributed by atoms with Crippen molar-refractivity contribution in [2.24, 2.45) is 10.7 Å². The Kier molecular flexibility index (Phi) is 5.68. The van der Waals surface area contributed by atoms with Crippen molar-refractivity contribution < 1.29 is 5.11 Å². The second-order valence-electron chi connectivity index (χ2n) is 5.24. The molecule has 1 fully saturated rings. The van der Waals surface area contributed by atoms with Gasteiger partial charge < -0.3 is 16.2 Å². The van der Waals surface area contributed by atoms with Crippen LogP contribution in [0.25, 0.3) is 0 Å². The molecule has 0 aliphatic heterocycles. The fourth-order valence-electron chi connectivity index (χ4n) is 2.53.